The van der Waals surface area contributed by atoms with Crippen molar-refractivity contribution in [1.82, 2.24) is 20.9 Å². The van der Waals surface area contributed by atoms with Crippen molar-refractivity contribution in [2.45, 2.75) is 38.8 Å². The minimum absolute atomic E-state index is 0.546. The third-order valence-corrected chi connectivity index (χ3v) is 4.02. The van der Waals surface area contributed by atoms with Crippen LogP contribution in [0, 0.1) is 0 Å². The number of esters is 1. The van der Waals surface area contributed by atoms with Crippen LogP contribution in [-0.2, 0) is 24.7 Å². The number of nitrogens with zero attached hydrogens (tertiary/aromatic N) is 1. The molecule has 0 spiro atoms. The van der Waals surface area contributed by atoms with E-state index in [1.807, 2.05) is 5.32 Å². The molecule has 0 aliphatic carbocycles. The number of carbonyl (C=O) groups excluding carboxylic acids is 5. The Hall–Kier alpha value is -3.43. The number of hydrogen-bond donors (Lipinski definition) is 3. The number of urea groups is 2. The number of rotatable bonds is 5. The summed E-state index contributed by atoms with van der Waals surface area (Å²) in [5.74, 6) is -2.41. The molecule has 1 heterocycles. The molecule has 1 saturated heterocycles. The Morgan fingerprint density at radius 3 is 2.34 bits per heavy atom. The summed E-state index contributed by atoms with van der Waals surface area (Å²) in [5.41, 5.74) is -1.28. The first-order chi connectivity index (χ1) is 13.4. The average molecular weight is 404 g/mol. The van der Waals surface area contributed by atoms with Crippen molar-refractivity contribution in [2.75, 3.05) is 13.2 Å². The lowest BCUT2D eigenvalue weighted by Crippen LogP contribution is -2.49. The number of imide groups is 2. The summed E-state index contributed by atoms with van der Waals surface area (Å²) in [7, 11) is 0. The Balaban J connectivity index is 1.89. The molecule has 1 atom stereocenters. The summed E-state index contributed by atoms with van der Waals surface area (Å²) in [6.45, 7) is 5.36. The lowest BCUT2D eigenvalue weighted by molar-refractivity contribution is -0.150. The van der Waals surface area contributed by atoms with Gasteiger partial charge in [0.25, 0.3) is 11.8 Å². The molecule has 10 heteroatoms. The van der Waals surface area contributed by atoms with Crippen molar-refractivity contribution in [3.05, 3.63) is 35.9 Å². The van der Waals surface area contributed by atoms with Crippen LogP contribution in [0.3, 0.4) is 0 Å². The number of carbonyl (C=O) groups is 5. The van der Waals surface area contributed by atoms with Crippen molar-refractivity contribution >= 4 is 29.8 Å². The Morgan fingerprint density at radius 2 is 1.76 bits per heavy atom. The van der Waals surface area contributed by atoms with Crippen LogP contribution in [0.5, 0.6) is 0 Å². The van der Waals surface area contributed by atoms with Gasteiger partial charge in [0.05, 0.1) is 0 Å². The lowest BCUT2D eigenvalue weighted by Gasteiger charge is -2.22. The lowest BCUT2D eigenvalue weighted by atomic mass is 9.92. The van der Waals surface area contributed by atoms with E-state index < -0.39 is 54.1 Å². The van der Waals surface area contributed by atoms with Gasteiger partial charge in [-0.25, -0.2) is 9.59 Å². The van der Waals surface area contributed by atoms with Gasteiger partial charge in [0.1, 0.15) is 12.1 Å². The second-order valence-corrected chi connectivity index (χ2v) is 7.73. The number of benzene rings is 1. The van der Waals surface area contributed by atoms with Gasteiger partial charge in [-0.3, -0.25) is 24.6 Å². The van der Waals surface area contributed by atoms with Crippen LogP contribution < -0.4 is 16.0 Å². The summed E-state index contributed by atoms with van der Waals surface area (Å²) in [4.78, 5) is 60.9. The zero-order valence-electron chi connectivity index (χ0n) is 16.7. The average Bonchev–Trinajstić information content (AvgIpc) is 2.83. The normalized spacial score (nSPS) is 18.8. The van der Waals surface area contributed by atoms with Crippen molar-refractivity contribution in [3.63, 3.8) is 0 Å². The molecule has 1 aliphatic rings. The molecule has 0 aromatic heterocycles. The molecule has 1 aromatic carbocycles. The topological polar surface area (TPSA) is 134 Å². The Kier molecular flexibility index (Phi) is 6.25. The third kappa shape index (κ3) is 5.53. The first-order valence-electron chi connectivity index (χ1n) is 8.89. The second-order valence-electron chi connectivity index (χ2n) is 7.73. The highest BCUT2D eigenvalue weighted by Crippen LogP contribution is 2.28. The van der Waals surface area contributed by atoms with Gasteiger partial charge >= 0.3 is 18.0 Å². The molecule has 156 valence electrons. The molecule has 0 radical (unpaired) electrons. The number of hydrogen-bond acceptors (Lipinski definition) is 6. The molecule has 10 nitrogen and oxygen atoms in total. The van der Waals surface area contributed by atoms with E-state index >= 15 is 0 Å². The first kappa shape index (κ1) is 21.9. The maximum atomic E-state index is 12.7. The maximum absolute atomic E-state index is 12.7. The molecule has 0 saturated carbocycles. The van der Waals surface area contributed by atoms with Crippen LogP contribution in [0.15, 0.2) is 30.3 Å². The van der Waals surface area contributed by atoms with Crippen LogP contribution >= 0.6 is 0 Å². The minimum atomic E-state index is -1.30. The van der Waals surface area contributed by atoms with Gasteiger partial charge in [-0.05, 0) is 33.3 Å². The van der Waals surface area contributed by atoms with Gasteiger partial charge in [-0.15, -0.1) is 0 Å². The molecule has 1 fully saturated rings. The maximum Gasteiger partial charge on any atom is 0.326 e. The Morgan fingerprint density at radius 1 is 1.14 bits per heavy atom. The molecular formula is C19H24N4O6. The van der Waals surface area contributed by atoms with Crippen molar-refractivity contribution in [1.29, 1.82) is 0 Å². The van der Waals surface area contributed by atoms with Crippen molar-refractivity contribution in [3.8, 4) is 0 Å². The van der Waals surface area contributed by atoms with E-state index in [0.717, 1.165) is 4.90 Å². The summed E-state index contributed by atoms with van der Waals surface area (Å²) in [6, 6.07) is 7.13. The highest BCUT2D eigenvalue weighted by molar-refractivity contribution is 6.09. The van der Waals surface area contributed by atoms with E-state index in [0.29, 0.717) is 5.56 Å². The molecule has 2 rings (SSSR count). The van der Waals surface area contributed by atoms with E-state index in [9.17, 15) is 24.0 Å². The molecule has 3 N–H and O–H groups in total. The van der Waals surface area contributed by atoms with Crippen molar-refractivity contribution in [2.24, 2.45) is 0 Å². The van der Waals surface area contributed by atoms with E-state index in [1.165, 1.54) is 6.92 Å². The first-order valence-corrected chi connectivity index (χ1v) is 8.89. The van der Waals surface area contributed by atoms with Gasteiger partial charge in [-0.1, -0.05) is 30.3 Å². The van der Waals surface area contributed by atoms with Crippen LogP contribution in [0.4, 0.5) is 9.59 Å². The predicted octanol–water partition coefficient (Wildman–Crippen LogP) is 0.621. The summed E-state index contributed by atoms with van der Waals surface area (Å²) < 4.78 is 4.76. The molecule has 29 heavy (non-hydrogen) atoms. The predicted molar refractivity (Wildman–Crippen MR) is 101 cm³/mol. The Labute approximate surface area is 168 Å². The van der Waals surface area contributed by atoms with E-state index in [1.54, 1.807) is 51.1 Å². The van der Waals surface area contributed by atoms with Gasteiger partial charge in [0.15, 0.2) is 6.61 Å². The smallest absolute Gasteiger partial charge is 0.326 e. The van der Waals surface area contributed by atoms with E-state index in [4.69, 9.17) is 4.74 Å². The molecule has 1 aliphatic heterocycles. The number of nitrogens with one attached hydrogen (secondary N) is 3. The third-order valence-electron chi connectivity index (χ3n) is 4.02. The summed E-state index contributed by atoms with van der Waals surface area (Å²) in [6.07, 6.45) is 0. The van der Waals surface area contributed by atoms with Crippen LogP contribution in [0.2, 0.25) is 0 Å². The van der Waals surface area contributed by atoms with Crippen LogP contribution in [0.25, 0.3) is 0 Å². The van der Waals surface area contributed by atoms with E-state index in [-0.39, 0.29) is 0 Å². The largest absolute Gasteiger partial charge is 0.454 e. The molecule has 0 bridgehead atoms. The highest BCUT2D eigenvalue weighted by atomic mass is 16.5. The van der Waals surface area contributed by atoms with Crippen LogP contribution in [0.1, 0.15) is 33.3 Å². The molecule has 6 amide bonds. The van der Waals surface area contributed by atoms with Gasteiger partial charge in [-0.2, -0.15) is 0 Å². The fourth-order valence-corrected chi connectivity index (χ4v) is 2.66. The van der Waals surface area contributed by atoms with E-state index in [2.05, 4.69) is 10.6 Å². The fraction of sp³-hybridized carbons (Fsp3) is 0.421. The molecular weight excluding hydrogens is 380 g/mol. The van der Waals surface area contributed by atoms with Gasteiger partial charge in [0.2, 0.25) is 0 Å². The zero-order valence-corrected chi connectivity index (χ0v) is 16.7. The van der Waals surface area contributed by atoms with Crippen LogP contribution in [-0.4, -0.2) is 53.4 Å². The molecule has 1 aromatic rings. The summed E-state index contributed by atoms with van der Waals surface area (Å²) >= 11 is 0. The second kappa shape index (κ2) is 8.29. The Bertz CT molecular complexity index is 833. The highest BCUT2D eigenvalue weighted by Gasteiger charge is 2.49. The zero-order chi connectivity index (χ0) is 21.8. The monoisotopic (exact) mass is 404 g/mol. The van der Waals surface area contributed by atoms with Gasteiger partial charge < -0.3 is 15.4 Å². The quantitative estimate of drug-likeness (QED) is 0.487. The van der Waals surface area contributed by atoms with Gasteiger partial charge in [0, 0.05) is 5.54 Å². The SMILES string of the molecule is CC(C)(C)NC(=O)NC(=O)COC(=O)CN1C(=O)N[C@](C)(c2ccccc2)C1=O. The van der Waals surface area contributed by atoms with Crippen molar-refractivity contribution < 1.29 is 28.7 Å². The summed E-state index contributed by atoms with van der Waals surface area (Å²) in [5, 5.41) is 7.09. The fourth-order valence-electron chi connectivity index (χ4n) is 2.66. The molecule has 0 unspecified atom stereocenters. The number of ether oxygens (including phenoxy) is 1. The number of amides is 6. The standard InChI is InChI=1S/C19H24N4O6/c1-18(2,3)21-16(27)20-13(24)11-29-14(25)10-23-15(26)19(4,22-17(23)28)12-8-6-5-7-9-12/h5-9H,10-11H2,1-4H3,(H,22,28)(H2,20,21,24,27)/t19-/m1/s1. The minimum Gasteiger partial charge on any atom is -0.454 e.